The Morgan fingerprint density at radius 3 is 2.62 bits per heavy atom. The lowest BCUT2D eigenvalue weighted by Crippen LogP contribution is -2.22. The molecule has 0 atom stereocenters. The van der Waals surface area contributed by atoms with Crippen molar-refractivity contribution in [1.29, 1.82) is 0 Å². The zero-order chi connectivity index (χ0) is 23.1. The van der Waals surface area contributed by atoms with Gasteiger partial charge in [0.05, 0.1) is 22.3 Å². The van der Waals surface area contributed by atoms with E-state index in [-0.39, 0.29) is 12.4 Å². The van der Waals surface area contributed by atoms with E-state index in [9.17, 15) is 4.79 Å². The number of aryl methyl sites for hydroxylation is 1. The van der Waals surface area contributed by atoms with Crippen LogP contribution >= 0.6 is 11.8 Å². The molecule has 3 heterocycles. The summed E-state index contributed by atoms with van der Waals surface area (Å²) in [6, 6.07) is 20.8. The zero-order valence-electron chi connectivity index (χ0n) is 18.1. The molecule has 1 aliphatic rings. The molecule has 0 bridgehead atoms. The van der Waals surface area contributed by atoms with Crippen molar-refractivity contribution in [3.05, 3.63) is 88.5 Å². The molecule has 3 aromatic carbocycles. The van der Waals surface area contributed by atoms with Crippen molar-refractivity contribution in [3.63, 3.8) is 0 Å². The Labute approximate surface area is 198 Å². The number of ether oxygens (including phenoxy) is 2. The van der Waals surface area contributed by atoms with Crippen LogP contribution < -0.4 is 15.0 Å². The van der Waals surface area contributed by atoms with Crippen molar-refractivity contribution in [3.8, 4) is 28.6 Å². The Morgan fingerprint density at radius 2 is 1.79 bits per heavy atom. The Morgan fingerprint density at radius 1 is 0.971 bits per heavy atom. The van der Waals surface area contributed by atoms with Crippen LogP contribution in [0.1, 0.15) is 11.5 Å². The van der Waals surface area contributed by atoms with Gasteiger partial charge in [-0.1, -0.05) is 59.4 Å². The number of hydrogen-bond acceptors (Lipinski definition) is 8. The number of benzene rings is 3. The minimum Gasteiger partial charge on any atom is -0.454 e. The number of rotatable bonds is 5. The topological polar surface area (TPSA) is 92.3 Å². The van der Waals surface area contributed by atoms with Gasteiger partial charge in [0.1, 0.15) is 0 Å². The van der Waals surface area contributed by atoms with Crippen LogP contribution in [0.2, 0.25) is 0 Å². The van der Waals surface area contributed by atoms with Crippen LogP contribution in [-0.4, -0.2) is 26.5 Å². The highest BCUT2D eigenvalue weighted by molar-refractivity contribution is 7.98. The molecule has 0 N–H and O–H groups in total. The van der Waals surface area contributed by atoms with E-state index < -0.39 is 0 Å². The number of nitrogens with zero attached hydrogens (tertiary/aromatic N) is 4. The van der Waals surface area contributed by atoms with Crippen molar-refractivity contribution in [1.82, 2.24) is 19.7 Å². The first-order valence-electron chi connectivity index (χ1n) is 10.6. The summed E-state index contributed by atoms with van der Waals surface area (Å²) in [5.41, 5.74) is 2.99. The molecule has 6 rings (SSSR count). The number of hydrogen-bond donors (Lipinski definition) is 0. The summed E-state index contributed by atoms with van der Waals surface area (Å²) >= 11 is 1.36. The lowest BCUT2D eigenvalue weighted by Gasteiger charge is -2.13. The summed E-state index contributed by atoms with van der Waals surface area (Å²) in [7, 11) is 0. The fourth-order valence-corrected chi connectivity index (χ4v) is 4.64. The molecule has 8 nitrogen and oxygen atoms in total. The molecule has 0 unspecified atom stereocenters. The highest BCUT2D eigenvalue weighted by Crippen LogP contribution is 2.35. The first-order chi connectivity index (χ1) is 16.7. The molecule has 0 radical (unpaired) electrons. The van der Waals surface area contributed by atoms with Crippen LogP contribution in [0.3, 0.4) is 0 Å². The normalized spacial score (nSPS) is 12.4. The fourth-order valence-electron chi connectivity index (χ4n) is 3.79. The van der Waals surface area contributed by atoms with Crippen LogP contribution in [-0.2, 0) is 5.75 Å². The van der Waals surface area contributed by atoms with Crippen molar-refractivity contribution >= 4 is 22.7 Å². The van der Waals surface area contributed by atoms with Crippen molar-refractivity contribution < 1.29 is 14.0 Å². The molecule has 34 heavy (non-hydrogen) atoms. The quantitative estimate of drug-likeness (QED) is 0.268. The molecular formula is C25H18N4O4S. The highest BCUT2D eigenvalue weighted by atomic mass is 32.2. The maximum Gasteiger partial charge on any atom is 0.266 e. The molecule has 9 heteroatoms. The van der Waals surface area contributed by atoms with E-state index in [0.717, 1.165) is 16.8 Å². The predicted octanol–water partition coefficient (Wildman–Crippen LogP) is 4.77. The summed E-state index contributed by atoms with van der Waals surface area (Å²) < 4.78 is 18.0. The monoisotopic (exact) mass is 470 g/mol. The van der Waals surface area contributed by atoms with Crippen molar-refractivity contribution in [2.75, 3.05) is 6.79 Å². The third kappa shape index (κ3) is 3.69. The summed E-state index contributed by atoms with van der Waals surface area (Å²) in [6.45, 7) is 2.11. The van der Waals surface area contributed by atoms with Gasteiger partial charge in [-0.25, -0.2) is 4.98 Å². The first kappa shape index (κ1) is 20.5. The molecule has 0 aliphatic carbocycles. The lowest BCUT2D eigenvalue weighted by molar-refractivity contribution is 0.174. The van der Waals surface area contributed by atoms with Crippen LogP contribution in [0.25, 0.3) is 28.0 Å². The summed E-state index contributed by atoms with van der Waals surface area (Å²) in [5, 5.41) is 5.05. The molecule has 2 aromatic heterocycles. The van der Waals surface area contributed by atoms with Gasteiger partial charge in [-0.05, 0) is 30.7 Å². The standard InChI is InChI=1S/C25H18N4O4S/c1-15-6-5-9-17(10-15)29-24(30)18-11-20-21(32-14-31-20)12-19(18)26-25(29)34-13-22-27-23(28-33-22)16-7-3-2-4-8-16/h2-12H,13-14H2,1H3. The number of aromatic nitrogens is 4. The maximum absolute atomic E-state index is 13.6. The second kappa shape index (κ2) is 8.35. The Kier molecular flexibility index (Phi) is 5.03. The second-order valence-electron chi connectivity index (χ2n) is 7.76. The van der Waals surface area contributed by atoms with Gasteiger partial charge in [0.15, 0.2) is 16.7 Å². The third-order valence-corrected chi connectivity index (χ3v) is 6.34. The molecule has 5 aromatic rings. The van der Waals surface area contributed by atoms with Crippen LogP contribution in [0.4, 0.5) is 0 Å². The first-order valence-corrected chi connectivity index (χ1v) is 11.6. The highest BCUT2D eigenvalue weighted by Gasteiger charge is 2.20. The van der Waals surface area contributed by atoms with Gasteiger partial charge in [0.2, 0.25) is 18.5 Å². The average Bonchev–Trinajstić information content (AvgIpc) is 3.51. The van der Waals surface area contributed by atoms with Crippen molar-refractivity contribution in [2.24, 2.45) is 0 Å². The van der Waals surface area contributed by atoms with Crippen LogP contribution in [0.15, 0.2) is 81.2 Å². The van der Waals surface area contributed by atoms with Gasteiger partial charge in [-0.2, -0.15) is 4.98 Å². The Bertz CT molecular complexity index is 1580. The molecule has 0 saturated heterocycles. The van der Waals surface area contributed by atoms with E-state index in [1.165, 1.54) is 11.8 Å². The Hall–Kier alpha value is -4.11. The zero-order valence-corrected chi connectivity index (χ0v) is 18.9. The molecular weight excluding hydrogens is 452 g/mol. The van der Waals surface area contributed by atoms with Gasteiger partial charge in [0.25, 0.3) is 5.56 Å². The van der Waals surface area contributed by atoms with Crippen LogP contribution in [0.5, 0.6) is 11.5 Å². The predicted molar refractivity (Wildman–Crippen MR) is 127 cm³/mol. The number of thioether (sulfide) groups is 1. The number of fused-ring (bicyclic) bond motifs is 2. The van der Waals surface area contributed by atoms with Gasteiger partial charge < -0.3 is 14.0 Å². The molecule has 0 saturated carbocycles. The molecule has 0 spiro atoms. The summed E-state index contributed by atoms with van der Waals surface area (Å²) in [4.78, 5) is 22.9. The van der Waals surface area contributed by atoms with E-state index in [0.29, 0.717) is 45.0 Å². The molecule has 1 aliphatic heterocycles. The minimum atomic E-state index is -0.188. The maximum atomic E-state index is 13.6. The summed E-state index contributed by atoms with van der Waals surface area (Å²) in [6.07, 6.45) is 0. The van der Waals surface area contributed by atoms with E-state index >= 15 is 0 Å². The molecule has 0 fully saturated rings. The van der Waals surface area contributed by atoms with E-state index in [4.69, 9.17) is 19.0 Å². The van der Waals surface area contributed by atoms with Gasteiger partial charge in [-0.3, -0.25) is 9.36 Å². The third-order valence-electron chi connectivity index (χ3n) is 5.42. The average molecular weight is 471 g/mol. The largest absolute Gasteiger partial charge is 0.454 e. The SMILES string of the molecule is Cc1cccc(-n2c(SCc3nc(-c4ccccc4)no3)nc3cc4c(cc3c2=O)OCO4)c1. The van der Waals surface area contributed by atoms with E-state index in [1.807, 2.05) is 61.5 Å². The van der Waals surface area contributed by atoms with Gasteiger partial charge in [-0.15, -0.1) is 0 Å². The smallest absolute Gasteiger partial charge is 0.266 e. The molecule has 0 amide bonds. The lowest BCUT2D eigenvalue weighted by atomic mass is 10.2. The summed E-state index contributed by atoms with van der Waals surface area (Å²) in [5.74, 6) is 2.44. The van der Waals surface area contributed by atoms with Gasteiger partial charge in [0, 0.05) is 11.6 Å². The second-order valence-corrected chi connectivity index (χ2v) is 8.71. The fraction of sp³-hybridized carbons (Fsp3) is 0.120. The van der Waals surface area contributed by atoms with E-state index in [1.54, 1.807) is 16.7 Å². The van der Waals surface area contributed by atoms with Crippen molar-refractivity contribution in [2.45, 2.75) is 17.8 Å². The Balaban J connectivity index is 1.42. The van der Waals surface area contributed by atoms with E-state index in [2.05, 4.69) is 10.1 Å². The van der Waals surface area contributed by atoms with Crippen LogP contribution in [0, 0.1) is 6.92 Å². The minimum absolute atomic E-state index is 0.125. The molecule has 168 valence electrons. The van der Waals surface area contributed by atoms with Gasteiger partial charge >= 0.3 is 0 Å².